The molecule has 0 aliphatic carbocycles. The van der Waals surface area contributed by atoms with Gasteiger partial charge in [0.05, 0.1) is 5.92 Å². The topological polar surface area (TPSA) is 57.6 Å². The lowest BCUT2D eigenvalue weighted by Crippen LogP contribution is -2.37. The van der Waals surface area contributed by atoms with Crippen LogP contribution in [0.5, 0.6) is 0 Å². The first-order valence-electron chi connectivity index (χ1n) is 6.53. The van der Waals surface area contributed by atoms with Crippen molar-refractivity contribution in [3.05, 3.63) is 0 Å². The second kappa shape index (κ2) is 9.02. The maximum Gasteiger partial charge on any atom is 0.308 e. The molecular weight excluding hydrogens is 218 g/mol. The van der Waals surface area contributed by atoms with Gasteiger partial charge in [0.1, 0.15) is 0 Å². The Labute approximate surface area is 104 Å². The van der Waals surface area contributed by atoms with Crippen molar-refractivity contribution in [2.24, 2.45) is 5.92 Å². The van der Waals surface area contributed by atoms with Crippen molar-refractivity contribution < 1.29 is 14.7 Å². The number of hydrogen-bond acceptors (Lipinski definition) is 2. The molecular formula is C13H25NO3. The van der Waals surface area contributed by atoms with Crippen LogP contribution in [-0.2, 0) is 9.59 Å². The highest BCUT2D eigenvalue weighted by Gasteiger charge is 2.18. The van der Waals surface area contributed by atoms with Gasteiger partial charge in [-0.2, -0.15) is 0 Å². The monoisotopic (exact) mass is 243 g/mol. The lowest BCUT2D eigenvalue weighted by atomic mass is 10.1. The van der Waals surface area contributed by atoms with Crippen LogP contribution in [0.4, 0.5) is 0 Å². The van der Waals surface area contributed by atoms with Crippen LogP contribution in [0, 0.1) is 5.92 Å². The molecule has 0 fully saturated rings. The number of aliphatic carboxylic acids is 1. The lowest BCUT2D eigenvalue weighted by Gasteiger charge is -2.24. The summed E-state index contributed by atoms with van der Waals surface area (Å²) in [6.45, 7) is 6.61. The predicted molar refractivity (Wildman–Crippen MR) is 67.8 cm³/mol. The lowest BCUT2D eigenvalue weighted by molar-refractivity contribution is -0.143. The van der Waals surface area contributed by atoms with E-state index in [1.54, 1.807) is 11.8 Å². The van der Waals surface area contributed by atoms with Crippen molar-refractivity contribution in [1.82, 2.24) is 4.90 Å². The van der Waals surface area contributed by atoms with Gasteiger partial charge in [-0.25, -0.2) is 0 Å². The zero-order valence-electron chi connectivity index (χ0n) is 11.2. The van der Waals surface area contributed by atoms with Crippen molar-refractivity contribution >= 4 is 11.9 Å². The molecule has 0 bridgehead atoms. The summed E-state index contributed by atoms with van der Waals surface area (Å²) in [5.74, 6) is -1.28. The Morgan fingerprint density at radius 2 is 1.82 bits per heavy atom. The van der Waals surface area contributed by atoms with Gasteiger partial charge in [-0.05, 0) is 6.42 Å². The molecule has 4 nitrogen and oxygen atoms in total. The second-order valence-corrected chi connectivity index (χ2v) is 4.49. The van der Waals surface area contributed by atoms with Crippen molar-refractivity contribution in [2.45, 2.75) is 52.9 Å². The van der Waals surface area contributed by atoms with Gasteiger partial charge in [0.2, 0.25) is 5.91 Å². The fraction of sp³-hybridized carbons (Fsp3) is 0.846. The second-order valence-electron chi connectivity index (χ2n) is 4.49. The summed E-state index contributed by atoms with van der Waals surface area (Å²) in [6, 6.07) is 0. The molecule has 0 aliphatic heterocycles. The normalized spacial score (nSPS) is 12.2. The fourth-order valence-corrected chi connectivity index (χ4v) is 1.68. The highest BCUT2D eigenvalue weighted by Crippen LogP contribution is 2.07. The van der Waals surface area contributed by atoms with E-state index in [2.05, 4.69) is 6.92 Å². The minimum atomic E-state index is -0.840. The predicted octanol–water partition coefficient (Wildman–Crippen LogP) is 2.53. The minimum Gasteiger partial charge on any atom is -0.481 e. The van der Waals surface area contributed by atoms with Gasteiger partial charge in [-0.3, -0.25) is 9.59 Å². The third-order valence-corrected chi connectivity index (χ3v) is 2.85. The largest absolute Gasteiger partial charge is 0.481 e. The van der Waals surface area contributed by atoms with E-state index < -0.39 is 11.9 Å². The molecule has 1 unspecified atom stereocenters. The van der Waals surface area contributed by atoms with Crippen molar-refractivity contribution in [3.8, 4) is 0 Å². The minimum absolute atomic E-state index is 0.0506. The molecule has 0 aromatic heterocycles. The highest BCUT2D eigenvalue weighted by molar-refractivity contribution is 5.77. The Bertz CT molecular complexity index is 241. The van der Waals surface area contributed by atoms with Gasteiger partial charge in [0.15, 0.2) is 0 Å². The van der Waals surface area contributed by atoms with E-state index >= 15 is 0 Å². The van der Waals surface area contributed by atoms with Crippen molar-refractivity contribution in [3.63, 3.8) is 0 Å². The quantitative estimate of drug-likeness (QED) is 0.633. The van der Waals surface area contributed by atoms with E-state index in [-0.39, 0.29) is 5.91 Å². The van der Waals surface area contributed by atoms with Crippen LogP contribution in [0.2, 0.25) is 0 Å². The number of nitrogens with zero attached hydrogens (tertiary/aromatic N) is 1. The van der Waals surface area contributed by atoms with Gasteiger partial charge >= 0.3 is 5.97 Å². The molecule has 1 atom stereocenters. The Morgan fingerprint density at radius 3 is 2.29 bits per heavy atom. The summed E-state index contributed by atoms with van der Waals surface area (Å²) >= 11 is 0. The number of carboxylic acid groups (broad SMARTS) is 1. The summed E-state index contributed by atoms with van der Waals surface area (Å²) in [5.41, 5.74) is 0. The number of unbranched alkanes of at least 4 members (excludes halogenated alkanes) is 3. The van der Waals surface area contributed by atoms with E-state index in [0.717, 1.165) is 19.3 Å². The first kappa shape index (κ1) is 15.9. The Hall–Kier alpha value is -1.06. The van der Waals surface area contributed by atoms with Gasteiger partial charge in [-0.1, -0.05) is 40.0 Å². The van der Waals surface area contributed by atoms with Crippen LogP contribution < -0.4 is 0 Å². The average molecular weight is 243 g/mol. The molecule has 0 aromatic rings. The number of carboxylic acids is 1. The van der Waals surface area contributed by atoms with Crippen molar-refractivity contribution in [2.75, 3.05) is 13.1 Å². The SMILES string of the molecule is CCCCCCN(CC(C)C(=O)O)C(=O)CC. The van der Waals surface area contributed by atoms with E-state index in [4.69, 9.17) is 5.11 Å². The Balaban J connectivity index is 4.14. The smallest absolute Gasteiger partial charge is 0.308 e. The molecule has 4 heteroatoms. The van der Waals surface area contributed by atoms with Gasteiger partial charge < -0.3 is 10.0 Å². The number of hydrogen-bond donors (Lipinski definition) is 1. The molecule has 0 saturated carbocycles. The van der Waals surface area contributed by atoms with E-state index in [1.165, 1.54) is 6.42 Å². The number of carbonyl (C=O) groups is 2. The molecule has 0 radical (unpaired) electrons. The van der Waals surface area contributed by atoms with E-state index in [9.17, 15) is 9.59 Å². The molecule has 0 spiro atoms. The van der Waals surface area contributed by atoms with Crippen LogP contribution in [0.1, 0.15) is 52.9 Å². The Morgan fingerprint density at radius 1 is 1.18 bits per heavy atom. The fourth-order valence-electron chi connectivity index (χ4n) is 1.68. The summed E-state index contributed by atoms with van der Waals surface area (Å²) in [5, 5.41) is 8.86. The summed E-state index contributed by atoms with van der Waals surface area (Å²) in [7, 11) is 0. The summed E-state index contributed by atoms with van der Waals surface area (Å²) in [4.78, 5) is 24.1. The molecule has 0 aromatic carbocycles. The highest BCUT2D eigenvalue weighted by atomic mass is 16.4. The van der Waals surface area contributed by atoms with Gasteiger partial charge in [-0.15, -0.1) is 0 Å². The van der Waals surface area contributed by atoms with Crippen molar-refractivity contribution in [1.29, 1.82) is 0 Å². The van der Waals surface area contributed by atoms with Crippen LogP contribution in [0.15, 0.2) is 0 Å². The van der Waals surface area contributed by atoms with Crippen LogP contribution in [-0.4, -0.2) is 35.0 Å². The average Bonchev–Trinajstić information content (AvgIpc) is 2.31. The molecule has 1 N–H and O–H groups in total. The maximum atomic E-state index is 11.7. The van der Waals surface area contributed by atoms with Crippen LogP contribution in [0.3, 0.4) is 0 Å². The molecule has 17 heavy (non-hydrogen) atoms. The van der Waals surface area contributed by atoms with E-state index in [0.29, 0.717) is 19.5 Å². The third-order valence-electron chi connectivity index (χ3n) is 2.85. The van der Waals surface area contributed by atoms with Crippen LogP contribution >= 0.6 is 0 Å². The Kier molecular flexibility index (Phi) is 8.46. The van der Waals surface area contributed by atoms with Gasteiger partial charge in [0.25, 0.3) is 0 Å². The van der Waals surface area contributed by atoms with Gasteiger partial charge in [0, 0.05) is 19.5 Å². The van der Waals surface area contributed by atoms with E-state index in [1.807, 2.05) is 6.92 Å². The van der Waals surface area contributed by atoms with Crippen LogP contribution in [0.25, 0.3) is 0 Å². The molecule has 0 aliphatic rings. The first-order valence-corrected chi connectivity index (χ1v) is 6.53. The number of amides is 1. The molecule has 0 rings (SSSR count). The standard InChI is InChI=1S/C13H25NO3/c1-4-6-7-8-9-14(12(15)5-2)10-11(3)13(16)17/h11H,4-10H2,1-3H3,(H,16,17). The zero-order chi connectivity index (χ0) is 13.3. The molecule has 100 valence electrons. The first-order chi connectivity index (χ1) is 8.02. The number of carbonyl (C=O) groups excluding carboxylic acids is 1. The maximum absolute atomic E-state index is 11.7. The molecule has 0 saturated heterocycles. The number of rotatable bonds is 9. The molecule has 1 amide bonds. The molecule has 0 heterocycles. The zero-order valence-corrected chi connectivity index (χ0v) is 11.2. The summed E-state index contributed by atoms with van der Waals surface area (Å²) in [6.07, 6.45) is 4.84. The summed E-state index contributed by atoms with van der Waals surface area (Å²) < 4.78 is 0. The third kappa shape index (κ3) is 6.97.